The van der Waals surface area contributed by atoms with E-state index in [4.69, 9.17) is 23.7 Å². The third kappa shape index (κ3) is 4.94. The van der Waals surface area contributed by atoms with Gasteiger partial charge in [0.1, 0.15) is 61.0 Å². The average Bonchev–Trinajstić information content (AvgIpc) is 2.76. The molecule has 0 radical (unpaired) electrons. The fraction of sp³-hybridized carbons (Fsp3) is 1.00. The Morgan fingerprint density at radius 2 is 1.06 bits per heavy atom. The number of aliphatic hydroxyl groups is 9. The molecule has 0 amide bonds. The van der Waals surface area contributed by atoms with Crippen LogP contribution in [0, 0.1) is 0 Å². The van der Waals surface area contributed by atoms with Gasteiger partial charge in [0.05, 0.1) is 18.8 Å². The fourth-order valence-electron chi connectivity index (χ4n) is 3.92. The molecule has 14 nitrogen and oxygen atoms in total. The molecule has 3 aliphatic rings. The number of hydrogen-bond acceptors (Lipinski definition) is 14. The summed E-state index contributed by atoms with van der Waals surface area (Å²) >= 11 is 0. The van der Waals surface area contributed by atoms with Crippen molar-refractivity contribution < 1.29 is 69.6 Å². The molecule has 15 atom stereocenters. The third-order valence-corrected chi connectivity index (χ3v) is 6.02. The van der Waals surface area contributed by atoms with Crippen LogP contribution in [0.2, 0.25) is 0 Å². The topological polar surface area (TPSA) is 228 Å². The highest BCUT2D eigenvalue weighted by molar-refractivity contribution is 4.95. The lowest BCUT2D eigenvalue weighted by molar-refractivity contribution is -0.384. The van der Waals surface area contributed by atoms with E-state index in [1.165, 1.54) is 13.8 Å². The van der Waals surface area contributed by atoms with Crippen LogP contribution in [-0.4, -0.2) is 145 Å². The maximum absolute atomic E-state index is 10.6. The third-order valence-electron chi connectivity index (χ3n) is 6.02. The van der Waals surface area contributed by atoms with E-state index in [1.54, 1.807) is 0 Å². The minimum atomic E-state index is -1.79. The number of ether oxygens (including phenoxy) is 5. The van der Waals surface area contributed by atoms with E-state index in [-0.39, 0.29) is 0 Å². The molecule has 32 heavy (non-hydrogen) atoms. The van der Waals surface area contributed by atoms with E-state index in [0.29, 0.717) is 0 Å². The van der Waals surface area contributed by atoms with Gasteiger partial charge >= 0.3 is 0 Å². The van der Waals surface area contributed by atoms with Gasteiger partial charge in [0, 0.05) is 0 Å². The molecule has 3 saturated heterocycles. The summed E-state index contributed by atoms with van der Waals surface area (Å²) in [6, 6.07) is 0. The molecule has 1 unspecified atom stereocenters. The van der Waals surface area contributed by atoms with Crippen LogP contribution in [0.4, 0.5) is 0 Å². The number of rotatable bonds is 5. The lowest BCUT2D eigenvalue weighted by Gasteiger charge is -2.47. The van der Waals surface area contributed by atoms with Crippen LogP contribution >= 0.6 is 0 Å². The van der Waals surface area contributed by atoms with Gasteiger partial charge in [0.2, 0.25) is 0 Å². The molecule has 3 fully saturated rings. The van der Waals surface area contributed by atoms with Crippen LogP contribution in [0.25, 0.3) is 0 Å². The highest BCUT2D eigenvalue weighted by Gasteiger charge is 2.52. The molecule has 0 aromatic rings. The summed E-state index contributed by atoms with van der Waals surface area (Å²) < 4.78 is 27.0. The maximum atomic E-state index is 10.6. The predicted octanol–water partition coefficient (Wildman–Crippen LogP) is -5.52. The molecule has 0 aromatic carbocycles. The quantitative estimate of drug-likeness (QED) is 0.182. The Balaban J connectivity index is 1.79. The van der Waals surface area contributed by atoms with Crippen molar-refractivity contribution in [2.75, 3.05) is 6.61 Å². The molecule has 0 saturated carbocycles. The van der Waals surface area contributed by atoms with Gasteiger partial charge in [-0.1, -0.05) is 0 Å². The maximum Gasteiger partial charge on any atom is 0.187 e. The van der Waals surface area contributed by atoms with Gasteiger partial charge in [0.25, 0.3) is 0 Å². The van der Waals surface area contributed by atoms with Gasteiger partial charge in [-0.3, -0.25) is 0 Å². The predicted molar refractivity (Wildman–Crippen MR) is 98.4 cm³/mol. The largest absolute Gasteiger partial charge is 0.394 e. The first-order valence-electron chi connectivity index (χ1n) is 10.3. The molecule has 3 aliphatic heterocycles. The Morgan fingerprint density at radius 1 is 0.562 bits per heavy atom. The van der Waals surface area contributed by atoms with Gasteiger partial charge in [-0.05, 0) is 13.8 Å². The molecule has 188 valence electrons. The van der Waals surface area contributed by atoms with Crippen LogP contribution in [0.1, 0.15) is 13.8 Å². The molecule has 9 N–H and O–H groups in total. The highest BCUT2D eigenvalue weighted by Crippen LogP contribution is 2.32. The summed E-state index contributed by atoms with van der Waals surface area (Å²) in [6.45, 7) is 2.13. The summed E-state index contributed by atoms with van der Waals surface area (Å²) in [7, 11) is 0. The summed E-state index contributed by atoms with van der Waals surface area (Å²) in [6.07, 6.45) is -22.6. The second-order valence-electron chi connectivity index (χ2n) is 8.30. The molecule has 3 heterocycles. The molecule has 0 aromatic heterocycles. The van der Waals surface area contributed by atoms with Gasteiger partial charge in [0.15, 0.2) is 18.9 Å². The van der Waals surface area contributed by atoms with Crippen LogP contribution in [0.3, 0.4) is 0 Å². The van der Waals surface area contributed by atoms with Crippen LogP contribution in [0.15, 0.2) is 0 Å². The van der Waals surface area contributed by atoms with E-state index >= 15 is 0 Å². The Labute approximate surface area is 183 Å². The molecule has 0 bridgehead atoms. The molecule has 3 rings (SSSR count). The molecule has 0 spiro atoms. The van der Waals surface area contributed by atoms with Gasteiger partial charge in [-0.2, -0.15) is 0 Å². The summed E-state index contributed by atoms with van der Waals surface area (Å²) in [5, 5.41) is 90.5. The van der Waals surface area contributed by atoms with E-state index in [2.05, 4.69) is 0 Å². The Bertz CT molecular complexity index is 608. The second-order valence-corrected chi connectivity index (χ2v) is 8.30. The number of hydrogen-bond donors (Lipinski definition) is 9. The first kappa shape index (κ1) is 26.1. The van der Waals surface area contributed by atoms with Gasteiger partial charge in [-0.25, -0.2) is 0 Å². The Morgan fingerprint density at radius 3 is 1.66 bits per heavy atom. The molecular formula is C18H32O14. The zero-order chi connectivity index (χ0) is 23.9. The highest BCUT2D eigenvalue weighted by atomic mass is 16.8. The minimum Gasteiger partial charge on any atom is -0.394 e. The van der Waals surface area contributed by atoms with E-state index in [1.807, 2.05) is 0 Å². The number of aliphatic hydroxyl groups excluding tert-OH is 9. The van der Waals surface area contributed by atoms with Gasteiger partial charge < -0.3 is 69.6 Å². The van der Waals surface area contributed by atoms with E-state index in [0.717, 1.165) is 0 Å². The summed E-state index contributed by atoms with van der Waals surface area (Å²) in [5.41, 5.74) is 0. The van der Waals surface area contributed by atoms with Crippen molar-refractivity contribution in [3.8, 4) is 0 Å². The van der Waals surface area contributed by atoms with E-state index in [9.17, 15) is 46.0 Å². The van der Waals surface area contributed by atoms with Crippen molar-refractivity contribution >= 4 is 0 Å². The van der Waals surface area contributed by atoms with Crippen molar-refractivity contribution in [1.29, 1.82) is 0 Å². The zero-order valence-corrected chi connectivity index (χ0v) is 17.4. The monoisotopic (exact) mass is 472 g/mol. The van der Waals surface area contributed by atoms with Crippen LogP contribution < -0.4 is 0 Å². The SMILES string of the molecule is C[C@@H]1OC(O)[C@H](O[C@@H]2O[C@@H](C)[C@@H](O)[C@@H](O)[C@@H]2O)[C@H](O[C@@H]2O[C@H](CO)[C@@H](O)[C@H](O)[C@H]2O)[C@H]1O. The Kier molecular flexibility index (Phi) is 8.44. The van der Waals surface area contributed by atoms with Crippen LogP contribution in [-0.2, 0) is 23.7 Å². The van der Waals surface area contributed by atoms with Crippen molar-refractivity contribution in [2.24, 2.45) is 0 Å². The summed E-state index contributed by atoms with van der Waals surface area (Å²) in [4.78, 5) is 0. The molecular weight excluding hydrogens is 440 g/mol. The minimum absolute atomic E-state index is 0.708. The zero-order valence-electron chi connectivity index (χ0n) is 17.4. The lowest BCUT2D eigenvalue weighted by atomic mass is 9.96. The average molecular weight is 472 g/mol. The molecule has 14 heteroatoms. The second kappa shape index (κ2) is 10.4. The molecule has 0 aliphatic carbocycles. The van der Waals surface area contributed by atoms with Crippen molar-refractivity contribution in [3.63, 3.8) is 0 Å². The normalized spacial score (nSPS) is 55.0. The standard InChI is InChI=1S/C18H32O14/c1-4-7(20)10(23)12(25)17(29-4)32-15-14(8(21)5(2)28-16(15)27)31-18-13(26)11(24)9(22)6(3-19)30-18/h4-27H,3H2,1-2H3/t4-,5-,6+,7+,8-,9+,10+,11-,12-,13+,14+,15+,16?,17-,18-/m0/s1. The van der Waals surface area contributed by atoms with Crippen molar-refractivity contribution in [2.45, 2.75) is 106 Å². The van der Waals surface area contributed by atoms with E-state index < -0.39 is 98.7 Å². The first-order valence-corrected chi connectivity index (χ1v) is 10.3. The fourth-order valence-corrected chi connectivity index (χ4v) is 3.92. The Hall–Kier alpha value is -0.560. The van der Waals surface area contributed by atoms with Crippen molar-refractivity contribution in [3.05, 3.63) is 0 Å². The first-order chi connectivity index (χ1) is 15.0. The van der Waals surface area contributed by atoms with Crippen molar-refractivity contribution in [1.82, 2.24) is 0 Å². The summed E-state index contributed by atoms with van der Waals surface area (Å²) in [5.74, 6) is 0. The lowest BCUT2D eigenvalue weighted by Crippen LogP contribution is -2.66. The van der Waals surface area contributed by atoms with Gasteiger partial charge in [-0.15, -0.1) is 0 Å². The smallest absolute Gasteiger partial charge is 0.187 e. The van der Waals surface area contributed by atoms with Crippen LogP contribution in [0.5, 0.6) is 0 Å².